The van der Waals surface area contributed by atoms with Crippen molar-refractivity contribution in [1.82, 2.24) is 19.1 Å². The summed E-state index contributed by atoms with van der Waals surface area (Å²) in [6.07, 6.45) is 6.35. The summed E-state index contributed by atoms with van der Waals surface area (Å²) in [5, 5.41) is 4.41. The standard InChI is InChI=1S/C15H15N5O3S2/c1-19(10-11-3-6-17-7-4-11)25(22,23)13-9-12(14(16)21)15(24-13)20-8-2-5-18-20/h2-9H,10H2,1H3,(H2,16,21). The highest BCUT2D eigenvalue weighted by atomic mass is 32.2. The van der Waals surface area contributed by atoms with E-state index in [0.717, 1.165) is 16.9 Å². The van der Waals surface area contributed by atoms with Crippen molar-refractivity contribution in [2.24, 2.45) is 5.73 Å². The first-order valence-corrected chi connectivity index (χ1v) is 9.44. The molecule has 0 aliphatic heterocycles. The minimum absolute atomic E-state index is 0.0309. The number of primary amides is 1. The van der Waals surface area contributed by atoms with E-state index in [9.17, 15) is 13.2 Å². The fraction of sp³-hybridized carbons (Fsp3) is 0.133. The maximum absolute atomic E-state index is 12.8. The molecule has 0 aliphatic rings. The molecule has 0 radical (unpaired) electrons. The average Bonchev–Trinajstić information content (AvgIpc) is 3.25. The number of sulfonamides is 1. The number of hydrogen-bond donors (Lipinski definition) is 1. The van der Waals surface area contributed by atoms with Gasteiger partial charge in [-0.1, -0.05) is 0 Å². The highest BCUT2D eigenvalue weighted by molar-refractivity contribution is 7.91. The molecule has 2 N–H and O–H groups in total. The van der Waals surface area contributed by atoms with Crippen molar-refractivity contribution < 1.29 is 13.2 Å². The highest BCUT2D eigenvalue weighted by Crippen LogP contribution is 2.31. The second-order valence-electron chi connectivity index (χ2n) is 5.22. The molecule has 8 nitrogen and oxygen atoms in total. The van der Waals surface area contributed by atoms with Gasteiger partial charge in [-0.25, -0.2) is 13.1 Å². The zero-order valence-corrected chi connectivity index (χ0v) is 14.9. The first-order valence-electron chi connectivity index (χ1n) is 7.18. The van der Waals surface area contributed by atoms with Gasteiger partial charge in [0.2, 0.25) is 0 Å². The monoisotopic (exact) mass is 377 g/mol. The molecular formula is C15H15N5O3S2. The Bertz CT molecular complexity index is 982. The Balaban J connectivity index is 1.97. The first-order chi connectivity index (χ1) is 11.9. The molecule has 3 rings (SSSR count). The maximum atomic E-state index is 12.8. The number of carbonyl (C=O) groups is 1. The summed E-state index contributed by atoms with van der Waals surface area (Å²) in [6.45, 7) is 0.186. The number of hydrogen-bond acceptors (Lipinski definition) is 6. The van der Waals surface area contributed by atoms with E-state index in [0.29, 0.717) is 5.00 Å². The number of thiophene rings is 1. The van der Waals surface area contributed by atoms with Gasteiger partial charge >= 0.3 is 0 Å². The van der Waals surface area contributed by atoms with Crippen LogP contribution in [-0.4, -0.2) is 40.4 Å². The molecule has 0 saturated carbocycles. The van der Waals surface area contributed by atoms with Crippen molar-refractivity contribution >= 4 is 27.3 Å². The Kier molecular flexibility index (Phi) is 4.66. The number of pyridine rings is 1. The van der Waals surface area contributed by atoms with Gasteiger partial charge in [0.05, 0.1) is 5.56 Å². The van der Waals surface area contributed by atoms with Gasteiger partial charge in [0.15, 0.2) is 0 Å². The van der Waals surface area contributed by atoms with E-state index < -0.39 is 15.9 Å². The first kappa shape index (κ1) is 17.3. The second kappa shape index (κ2) is 6.75. The van der Waals surface area contributed by atoms with Crippen LogP contribution < -0.4 is 5.73 Å². The van der Waals surface area contributed by atoms with E-state index in [2.05, 4.69) is 10.1 Å². The Hall–Kier alpha value is -2.56. The van der Waals surface area contributed by atoms with Crippen LogP contribution in [0, 0.1) is 0 Å². The van der Waals surface area contributed by atoms with Crippen molar-refractivity contribution in [1.29, 1.82) is 0 Å². The van der Waals surface area contributed by atoms with Crippen LogP contribution in [0.4, 0.5) is 0 Å². The zero-order chi connectivity index (χ0) is 18.0. The molecule has 0 aromatic carbocycles. The van der Waals surface area contributed by atoms with Gasteiger partial charge in [0.25, 0.3) is 15.9 Å². The minimum atomic E-state index is -3.78. The number of rotatable bonds is 6. The molecule has 0 saturated heterocycles. The van der Waals surface area contributed by atoms with Gasteiger partial charge in [-0.3, -0.25) is 9.78 Å². The van der Waals surface area contributed by atoms with E-state index in [1.807, 2.05) is 0 Å². The van der Waals surface area contributed by atoms with Crippen LogP contribution >= 0.6 is 11.3 Å². The Morgan fingerprint density at radius 3 is 2.64 bits per heavy atom. The average molecular weight is 377 g/mol. The molecule has 3 aromatic heterocycles. The third-order valence-corrected chi connectivity index (χ3v) is 6.86. The lowest BCUT2D eigenvalue weighted by Crippen LogP contribution is -2.25. The molecule has 0 aliphatic carbocycles. The van der Waals surface area contributed by atoms with Gasteiger partial charge < -0.3 is 5.73 Å². The molecular weight excluding hydrogens is 362 g/mol. The molecule has 130 valence electrons. The van der Waals surface area contributed by atoms with E-state index in [1.54, 1.807) is 36.8 Å². The molecule has 0 atom stereocenters. The zero-order valence-electron chi connectivity index (χ0n) is 13.2. The summed E-state index contributed by atoms with van der Waals surface area (Å²) in [6, 6.07) is 6.45. The fourth-order valence-electron chi connectivity index (χ4n) is 2.21. The van der Waals surface area contributed by atoms with Crippen LogP contribution in [0.3, 0.4) is 0 Å². The number of nitrogens with two attached hydrogens (primary N) is 1. The van der Waals surface area contributed by atoms with Gasteiger partial charge in [0.1, 0.15) is 9.21 Å². The predicted octanol–water partition coefficient (Wildman–Crippen LogP) is 1.25. The predicted molar refractivity (Wildman–Crippen MR) is 92.8 cm³/mol. The van der Waals surface area contributed by atoms with Crippen molar-refractivity contribution in [3.8, 4) is 5.00 Å². The lowest BCUT2D eigenvalue weighted by Gasteiger charge is -2.15. The van der Waals surface area contributed by atoms with Crippen LogP contribution in [0.5, 0.6) is 0 Å². The minimum Gasteiger partial charge on any atom is -0.366 e. The maximum Gasteiger partial charge on any atom is 0.252 e. The second-order valence-corrected chi connectivity index (χ2v) is 8.52. The van der Waals surface area contributed by atoms with Crippen LogP contribution in [0.25, 0.3) is 5.00 Å². The summed E-state index contributed by atoms with van der Waals surface area (Å²) in [5.41, 5.74) is 6.31. The summed E-state index contributed by atoms with van der Waals surface area (Å²) in [7, 11) is -2.30. The van der Waals surface area contributed by atoms with Crippen LogP contribution in [0.15, 0.2) is 53.3 Å². The molecule has 0 spiro atoms. The molecule has 0 bridgehead atoms. The highest BCUT2D eigenvalue weighted by Gasteiger charge is 2.27. The molecule has 0 fully saturated rings. The Morgan fingerprint density at radius 1 is 1.32 bits per heavy atom. The van der Waals surface area contributed by atoms with Crippen molar-refractivity contribution in [3.05, 3.63) is 60.2 Å². The topological polar surface area (TPSA) is 111 Å². The number of amides is 1. The van der Waals surface area contributed by atoms with Gasteiger partial charge in [-0.05, 0) is 29.8 Å². The van der Waals surface area contributed by atoms with Gasteiger partial charge in [-0.15, -0.1) is 11.3 Å². The SMILES string of the molecule is CN(Cc1ccncc1)S(=O)(=O)c1cc(C(N)=O)c(-n2cccn2)s1. The molecule has 3 heterocycles. The lowest BCUT2D eigenvalue weighted by atomic mass is 10.3. The quantitative estimate of drug-likeness (QED) is 0.695. The molecule has 0 unspecified atom stereocenters. The fourth-order valence-corrected chi connectivity index (χ4v) is 4.98. The third kappa shape index (κ3) is 3.45. The Morgan fingerprint density at radius 2 is 2.04 bits per heavy atom. The largest absolute Gasteiger partial charge is 0.366 e. The summed E-state index contributed by atoms with van der Waals surface area (Å²) >= 11 is 0.949. The Labute approximate surface area is 148 Å². The van der Waals surface area contributed by atoms with Crippen LogP contribution in [0.2, 0.25) is 0 Å². The van der Waals surface area contributed by atoms with E-state index in [4.69, 9.17) is 5.73 Å². The molecule has 3 aromatic rings. The van der Waals surface area contributed by atoms with Gasteiger partial charge in [-0.2, -0.15) is 9.40 Å². The lowest BCUT2D eigenvalue weighted by molar-refractivity contribution is 0.100. The number of nitrogens with zero attached hydrogens (tertiary/aromatic N) is 4. The van der Waals surface area contributed by atoms with E-state index in [-0.39, 0.29) is 16.3 Å². The summed E-state index contributed by atoms with van der Waals surface area (Å²) in [4.78, 5) is 15.6. The molecule has 1 amide bonds. The van der Waals surface area contributed by atoms with Crippen LogP contribution in [0.1, 0.15) is 15.9 Å². The smallest absolute Gasteiger partial charge is 0.252 e. The van der Waals surface area contributed by atoms with E-state index >= 15 is 0 Å². The molecule has 25 heavy (non-hydrogen) atoms. The van der Waals surface area contributed by atoms with Crippen molar-refractivity contribution in [2.75, 3.05) is 7.05 Å². The van der Waals surface area contributed by atoms with Crippen molar-refractivity contribution in [3.63, 3.8) is 0 Å². The third-order valence-electron chi connectivity index (χ3n) is 3.49. The molecule has 10 heteroatoms. The van der Waals surface area contributed by atoms with E-state index in [1.165, 1.54) is 28.3 Å². The van der Waals surface area contributed by atoms with Gasteiger partial charge in [0, 0.05) is 38.4 Å². The normalized spacial score (nSPS) is 11.8. The number of carbonyl (C=O) groups excluding carboxylic acids is 1. The summed E-state index contributed by atoms with van der Waals surface area (Å²) in [5.74, 6) is -0.708. The van der Waals surface area contributed by atoms with Crippen LogP contribution in [-0.2, 0) is 16.6 Å². The summed E-state index contributed by atoms with van der Waals surface area (Å²) < 4.78 is 28.3. The van der Waals surface area contributed by atoms with Crippen molar-refractivity contribution in [2.45, 2.75) is 10.8 Å². The number of aromatic nitrogens is 3.